The second-order valence-electron chi connectivity index (χ2n) is 8.75. The van der Waals surface area contributed by atoms with E-state index in [-0.39, 0.29) is 6.10 Å². The van der Waals surface area contributed by atoms with Crippen LogP contribution in [0.4, 0.5) is 0 Å². The van der Waals surface area contributed by atoms with Crippen LogP contribution in [0.2, 0.25) is 0 Å². The predicted octanol–water partition coefficient (Wildman–Crippen LogP) is 6.65. The third-order valence-electron chi connectivity index (χ3n) is 6.68. The third kappa shape index (κ3) is 3.35. The van der Waals surface area contributed by atoms with E-state index in [9.17, 15) is 0 Å². The number of benzene rings is 1. The Balaban J connectivity index is 2.12. The maximum Gasteiger partial charge on any atom is 0.165 e. The highest BCUT2D eigenvalue weighted by atomic mass is 16.5. The number of aromatic nitrogens is 4. The first-order chi connectivity index (χ1) is 14.8. The van der Waals surface area contributed by atoms with Crippen LogP contribution in [-0.4, -0.2) is 26.3 Å². The number of nitrogens with zero attached hydrogens (tertiary/aromatic N) is 4. The lowest BCUT2D eigenvalue weighted by Crippen LogP contribution is -2.09. The van der Waals surface area contributed by atoms with Gasteiger partial charge in [-0.25, -0.2) is 4.98 Å². The fourth-order valence-electron chi connectivity index (χ4n) is 4.99. The number of rotatable bonds is 6. The van der Waals surface area contributed by atoms with Crippen LogP contribution in [0, 0.1) is 27.7 Å². The van der Waals surface area contributed by atoms with Crippen LogP contribution in [0.5, 0.6) is 0 Å². The highest BCUT2D eigenvalue weighted by Crippen LogP contribution is 2.39. The smallest absolute Gasteiger partial charge is 0.165 e. The van der Waals surface area contributed by atoms with Gasteiger partial charge in [0.2, 0.25) is 0 Å². The van der Waals surface area contributed by atoms with E-state index in [0.29, 0.717) is 6.04 Å². The summed E-state index contributed by atoms with van der Waals surface area (Å²) in [4.78, 5) is 5.06. The molecule has 0 bridgehead atoms. The Bertz CT molecular complexity index is 1260. The van der Waals surface area contributed by atoms with Crippen molar-refractivity contribution in [1.82, 2.24) is 19.2 Å². The van der Waals surface area contributed by atoms with Crippen LogP contribution in [0.15, 0.2) is 24.4 Å². The molecule has 0 fully saturated rings. The largest absolute Gasteiger partial charge is 0.377 e. The molecular weight excluding hydrogens is 384 g/mol. The first-order valence-electron chi connectivity index (χ1n) is 11.3. The molecule has 5 nitrogen and oxygen atoms in total. The van der Waals surface area contributed by atoms with Gasteiger partial charge in [-0.05, 0) is 70.2 Å². The minimum absolute atomic E-state index is 0.0128. The van der Waals surface area contributed by atoms with E-state index in [1.165, 1.54) is 27.6 Å². The van der Waals surface area contributed by atoms with Gasteiger partial charge in [0.1, 0.15) is 5.65 Å². The average Bonchev–Trinajstić information content (AvgIpc) is 3.30. The second-order valence-corrected chi connectivity index (χ2v) is 8.75. The van der Waals surface area contributed by atoms with E-state index in [1.54, 1.807) is 7.11 Å². The lowest BCUT2D eigenvalue weighted by Gasteiger charge is -2.19. The van der Waals surface area contributed by atoms with Crippen molar-refractivity contribution in [1.29, 1.82) is 0 Å². The van der Waals surface area contributed by atoms with E-state index in [4.69, 9.17) is 14.8 Å². The quantitative estimate of drug-likeness (QED) is 0.352. The molecule has 0 aliphatic rings. The van der Waals surface area contributed by atoms with Gasteiger partial charge in [0.15, 0.2) is 5.65 Å². The van der Waals surface area contributed by atoms with Gasteiger partial charge in [0.25, 0.3) is 0 Å². The van der Waals surface area contributed by atoms with Crippen LogP contribution in [0.25, 0.3) is 27.8 Å². The fourth-order valence-corrected chi connectivity index (χ4v) is 4.99. The Morgan fingerprint density at radius 2 is 1.71 bits per heavy atom. The summed E-state index contributed by atoms with van der Waals surface area (Å²) in [7, 11) is 1.77. The average molecular weight is 419 g/mol. The van der Waals surface area contributed by atoms with E-state index in [1.807, 2.05) is 0 Å². The van der Waals surface area contributed by atoms with E-state index in [0.717, 1.165) is 41.1 Å². The molecule has 4 aromatic rings. The van der Waals surface area contributed by atoms with Crippen molar-refractivity contribution in [3.05, 3.63) is 52.5 Å². The van der Waals surface area contributed by atoms with Crippen molar-refractivity contribution in [2.45, 2.75) is 73.5 Å². The molecule has 1 atom stereocenters. The Hall–Kier alpha value is -2.66. The SMILES string of the molecule is CCC(CC)n1ccc2c(C)nc3c(-c4c(C)cc(C)cc4C(C)OC)c(C)nn3c21. The molecule has 0 aliphatic carbocycles. The summed E-state index contributed by atoms with van der Waals surface area (Å²) in [5.74, 6) is 0. The fraction of sp³-hybridized carbons (Fsp3) is 0.462. The van der Waals surface area contributed by atoms with Gasteiger partial charge in [0.05, 0.1) is 23.1 Å². The van der Waals surface area contributed by atoms with Gasteiger partial charge in [-0.1, -0.05) is 31.5 Å². The molecule has 3 aromatic heterocycles. The van der Waals surface area contributed by atoms with E-state index in [2.05, 4.69) is 81.9 Å². The maximum atomic E-state index is 5.75. The minimum atomic E-state index is -0.0128. The van der Waals surface area contributed by atoms with Crippen LogP contribution in [0.1, 0.15) is 73.8 Å². The summed E-state index contributed by atoms with van der Waals surface area (Å²) in [5.41, 5.74) is 10.1. The molecule has 5 heteroatoms. The molecule has 0 amide bonds. The maximum absolute atomic E-state index is 5.75. The zero-order valence-corrected chi connectivity index (χ0v) is 20.1. The summed E-state index contributed by atoms with van der Waals surface area (Å²) in [6.07, 6.45) is 4.36. The van der Waals surface area contributed by atoms with Gasteiger partial charge in [-0.2, -0.15) is 9.61 Å². The van der Waals surface area contributed by atoms with Crippen LogP contribution in [-0.2, 0) is 4.74 Å². The van der Waals surface area contributed by atoms with Gasteiger partial charge < -0.3 is 9.30 Å². The van der Waals surface area contributed by atoms with Crippen molar-refractivity contribution >= 4 is 16.7 Å². The highest BCUT2D eigenvalue weighted by Gasteiger charge is 2.24. The molecule has 4 rings (SSSR count). The van der Waals surface area contributed by atoms with Gasteiger partial charge >= 0.3 is 0 Å². The molecule has 0 N–H and O–H groups in total. The lowest BCUT2D eigenvalue weighted by molar-refractivity contribution is 0.120. The zero-order chi connectivity index (χ0) is 22.4. The van der Waals surface area contributed by atoms with Crippen molar-refractivity contribution in [3.8, 4) is 11.1 Å². The number of aryl methyl sites for hydroxylation is 4. The van der Waals surface area contributed by atoms with E-state index >= 15 is 0 Å². The molecule has 3 heterocycles. The molecule has 1 unspecified atom stereocenters. The van der Waals surface area contributed by atoms with Crippen molar-refractivity contribution in [3.63, 3.8) is 0 Å². The molecular formula is C26H34N4O. The summed E-state index contributed by atoms with van der Waals surface area (Å²) < 4.78 is 10.2. The van der Waals surface area contributed by atoms with Gasteiger partial charge in [-0.3, -0.25) is 0 Å². The summed E-state index contributed by atoms with van der Waals surface area (Å²) in [5, 5.41) is 6.19. The van der Waals surface area contributed by atoms with Gasteiger partial charge in [-0.15, -0.1) is 0 Å². The van der Waals surface area contributed by atoms with Gasteiger partial charge in [0, 0.05) is 24.7 Å². The molecule has 0 aliphatic heterocycles. The Morgan fingerprint density at radius 1 is 1.00 bits per heavy atom. The standard InChI is InChI=1S/C26H34N4O/c1-9-20(10-2)29-12-11-21-17(5)27-25-24(18(6)28-30(25)26(21)29)23-16(4)13-15(3)14-22(23)19(7)31-8/h11-14,19-20H,9-10H2,1-8H3. The molecule has 1 aromatic carbocycles. The Morgan fingerprint density at radius 3 is 2.35 bits per heavy atom. The van der Waals surface area contributed by atoms with Crippen LogP contribution in [0.3, 0.4) is 0 Å². The number of hydrogen-bond acceptors (Lipinski definition) is 3. The number of fused-ring (bicyclic) bond motifs is 3. The van der Waals surface area contributed by atoms with Crippen LogP contribution < -0.4 is 0 Å². The monoisotopic (exact) mass is 418 g/mol. The number of ether oxygens (including phenoxy) is 1. The normalized spacial score (nSPS) is 13.1. The zero-order valence-electron chi connectivity index (χ0n) is 20.1. The summed E-state index contributed by atoms with van der Waals surface area (Å²) >= 11 is 0. The minimum Gasteiger partial charge on any atom is -0.377 e. The number of hydrogen-bond donors (Lipinski definition) is 0. The summed E-state index contributed by atoms with van der Waals surface area (Å²) in [6, 6.07) is 7.10. The van der Waals surface area contributed by atoms with Crippen LogP contribution >= 0.6 is 0 Å². The number of methoxy groups -OCH3 is 1. The first kappa shape index (κ1) is 21.6. The van der Waals surface area contributed by atoms with Crippen molar-refractivity contribution in [2.75, 3.05) is 7.11 Å². The van der Waals surface area contributed by atoms with Crippen molar-refractivity contribution < 1.29 is 4.74 Å². The molecule has 0 radical (unpaired) electrons. The highest BCUT2D eigenvalue weighted by molar-refractivity contribution is 5.89. The summed E-state index contributed by atoms with van der Waals surface area (Å²) in [6.45, 7) is 15.1. The lowest BCUT2D eigenvalue weighted by atomic mass is 9.90. The predicted molar refractivity (Wildman–Crippen MR) is 128 cm³/mol. The third-order valence-corrected chi connectivity index (χ3v) is 6.68. The molecule has 0 saturated carbocycles. The first-order valence-corrected chi connectivity index (χ1v) is 11.3. The second kappa shape index (κ2) is 8.12. The molecule has 31 heavy (non-hydrogen) atoms. The van der Waals surface area contributed by atoms with Crippen molar-refractivity contribution in [2.24, 2.45) is 0 Å². The Labute approximate surface area is 185 Å². The Kier molecular flexibility index (Phi) is 5.65. The molecule has 164 valence electrons. The topological polar surface area (TPSA) is 44.3 Å². The molecule has 0 spiro atoms. The molecule has 0 saturated heterocycles. The van der Waals surface area contributed by atoms with E-state index < -0.39 is 0 Å².